The summed E-state index contributed by atoms with van der Waals surface area (Å²) in [6.45, 7) is 0.181. The molecule has 1 aromatic rings. The van der Waals surface area contributed by atoms with Gasteiger partial charge in [0.05, 0.1) is 0 Å². The van der Waals surface area contributed by atoms with Gasteiger partial charge < -0.3 is 4.74 Å². The van der Waals surface area contributed by atoms with E-state index in [1.165, 1.54) is 0 Å². The van der Waals surface area contributed by atoms with E-state index in [2.05, 4.69) is 10.5 Å². The lowest BCUT2D eigenvalue weighted by Crippen LogP contribution is -2.30. The van der Waals surface area contributed by atoms with Gasteiger partial charge in [0.2, 0.25) is 5.91 Å². The summed E-state index contributed by atoms with van der Waals surface area (Å²) in [5.74, 6) is -0.668. The molecule has 1 N–H and O–H groups in total. The van der Waals surface area contributed by atoms with Crippen LogP contribution in [-0.4, -0.2) is 24.2 Å². The summed E-state index contributed by atoms with van der Waals surface area (Å²) in [6, 6.07) is 9.72. The van der Waals surface area contributed by atoms with Gasteiger partial charge in [0.25, 0.3) is 0 Å². The minimum Gasteiger partial charge on any atom is -0.457 e. The summed E-state index contributed by atoms with van der Waals surface area (Å²) in [5, 5.41) is 3.67. The molecule has 5 nitrogen and oxygen atoms in total. The standard InChI is InChI=1S/C14H14N2O3/c17-13-9-8-12(15-16-13)14(18)19-10-4-7-11-5-2-1-3-6-11/h1-7H,8-10H2,(H,16,17)/b7-4+. The van der Waals surface area contributed by atoms with E-state index in [1.54, 1.807) is 6.08 Å². The second-order valence-electron chi connectivity index (χ2n) is 4.00. The van der Waals surface area contributed by atoms with Crippen molar-refractivity contribution in [1.29, 1.82) is 0 Å². The number of rotatable bonds is 4. The molecule has 98 valence electrons. The molecule has 0 unspecified atom stereocenters. The number of amides is 1. The van der Waals surface area contributed by atoms with Crippen LogP contribution in [-0.2, 0) is 14.3 Å². The average Bonchev–Trinajstić information content (AvgIpc) is 2.45. The Labute approximate surface area is 111 Å². The van der Waals surface area contributed by atoms with Crippen LogP contribution in [0.5, 0.6) is 0 Å². The quantitative estimate of drug-likeness (QED) is 0.832. The van der Waals surface area contributed by atoms with Crippen molar-refractivity contribution in [1.82, 2.24) is 5.43 Å². The predicted octanol–water partition coefficient (Wildman–Crippen LogP) is 1.51. The smallest absolute Gasteiger partial charge is 0.354 e. The molecule has 1 heterocycles. The molecule has 0 radical (unpaired) electrons. The second-order valence-corrected chi connectivity index (χ2v) is 4.00. The Morgan fingerprint density at radius 2 is 2.11 bits per heavy atom. The number of nitrogens with one attached hydrogen (secondary N) is 1. The fourth-order valence-corrected chi connectivity index (χ4v) is 1.58. The highest BCUT2D eigenvalue weighted by molar-refractivity contribution is 6.37. The number of hydrogen-bond acceptors (Lipinski definition) is 4. The highest BCUT2D eigenvalue weighted by Crippen LogP contribution is 2.03. The number of hydrogen-bond donors (Lipinski definition) is 1. The lowest BCUT2D eigenvalue weighted by atomic mass is 10.2. The monoisotopic (exact) mass is 258 g/mol. The minimum atomic E-state index is -0.488. The first-order valence-electron chi connectivity index (χ1n) is 6.00. The number of nitrogens with zero attached hydrogens (tertiary/aromatic N) is 1. The molecule has 0 aromatic heterocycles. The third-order valence-electron chi connectivity index (χ3n) is 2.56. The number of hydrazone groups is 1. The van der Waals surface area contributed by atoms with E-state index in [-0.39, 0.29) is 24.6 Å². The van der Waals surface area contributed by atoms with Crippen LogP contribution in [0, 0.1) is 0 Å². The Hall–Kier alpha value is -2.43. The summed E-state index contributed by atoms with van der Waals surface area (Å²) >= 11 is 0. The van der Waals surface area contributed by atoms with Crippen molar-refractivity contribution < 1.29 is 14.3 Å². The summed E-state index contributed by atoms with van der Waals surface area (Å²) in [7, 11) is 0. The van der Waals surface area contributed by atoms with E-state index in [1.807, 2.05) is 36.4 Å². The molecule has 1 aromatic carbocycles. The van der Waals surface area contributed by atoms with Gasteiger partial charge in [0.1, 0.15) is 12.3 Å². The molecule has 0 aliphatic carbocycles. The van der Waals surface area contributed by atoms with Gasteiger partial charge in [-0.15, -0.1) is 0 Å². The Bertz CT molecular complexity index is 521. The first kappa shape index (κ1) is 13.0. The molecule has 0 atom stereocenters. The molecule has 5 heteroatoms. The second kappa shape index (κ2) is 6.49. The Morgan fingerprint density at radius 3 is 2.79 bits per heavy atom. The van der Waals surface area contributed by atoms with Crippen molar-refractivity contribution in [2.75, 3.05) is 6.61 Å². The molecule has 2 rings (SSSR count). The summed E-state index contributed by atoms with van der Waals surface area (Å²) < 4.78 is 5.03. The molecule has 1 aliphatic heterocycles. The molecular formula is C14H14N2O3. The van der Waals surface area contributed by atoms with Gasteiger partial charge in [-0.1, -0.05) is 36.4 Å². The van der Waals surface area contributed by atoms with E-state index in [0.717, 1.165) is 5.56 Å². The molecule has 19 heavy (non-hydrogen) atoms. The zero-order valence-electron chi connectivity index (χ0n) is 10.3. The van der Waals surface area contributed by atoms with Gasteiger partial charge in [-0.3, -0.25) is 4.79 Å². The number of esters is 1. The third-order valence-corrected chi connectivity index (χ3v) is 2.56. The highest BCUT2D eigenvalue weighted by Gasteiger charge is 2.18. The fourth-order valence-electron chi connectivity index (χ4n) is 1.58. The molecule has 1 amide bonds. The molecule has 0 saturated carbocycles. The first-order valence-corrected chi connectivity index (χ1v) is 6.00. The topological polar surface area (TPSA) is 67.8 Å². The lowest BCUT2D eigenvalue weighted by Gasteiger charge is -2.10. The summed E-state index contributed by atoms with van der Waals surface area (Å²) in [4.78, 5) is 22.4. The van der Waals surface area contributed by atoms with E-state index in [4.69, 9.17) is 4.74 Å². The summed E-state index contributed by atoms with van der Waals surface area (Å²) in [5.41, 5.74) is 3.56. The minimum absolute atomic E-state index is 0.180. The van der Waals surface area contributed by atoms with Crippen molar-refractivity contribution in [3.8, 4) is 0 Å². The maximum atomic E-state index is 11.6. The van der Waals surface area contributed by atoms with Crippen LogP contribution in [0.25, 0.3) is 6.08 Å². The number of benzene rings is 1. The van der Waals surface area contributed by atoms with E-state index >= 15 is 0 Å². The van der Waals surface area contributed by atoms with Crippen LogP contribution in [0.2, 0.25) is 0 Å². The highest BCUT2D eigenvalue weighted by atomic mass is 16.5. The number of carbonyl (C=O) groups excluding carboxylic acids is 2. The maximum Gasteiger partial charge on any atom is 0.354 e. The van der Waals surface area contributed by atoms with Gasteiger partial charge in [0, 0.05) is 12.8 Å². The Kier molecular flexibility index (Phi) is 4.44. The van der Waals surface area contributed by atoms with E-state index in [0.29, 0.717) is 6.42 Å². The third kappa shape index (κ3) is 4.06. The van der Waals surface area contributed by atoms with Gasteiger partial charge >= 0.3 is 5.97 Å². The van der Waals surface area contributed by atoms with E-state index < -0.39 is 5.97 Å². The Morgan fingerprint density at radius 1 is 1.32 bits per heavy atom. The fraction of sp³-hybridized carbons (Fsp3) is 0.214. The molecule has 0 bridgehead atoms. The van der Waals surface area contributed by atoms with Crippen molar-refractivity contribution in [3.05, 3.63) is 42.0 Å². The zero-order chi connectivity index (χ0) is 13.5. The molecular weight excluding hydrogens is 244 g/mol. The van der Waals surface area contributed by atoms with E-state index in [9.17, 15) is 9.59 Å². The molecule has 1 aliphatic rings. The summed E-state index contributed by atoms with van der Waals surface area (Å²) in [6.07, 6.45) is 4.23. The maximum absolute atomic E-state index is 11.6. The van der Waals surface area contributed by atoms with Crippen molar-refractivity contribution >= 4 is 23.7 Å². The van der Waals surface area contributed by atoms with Crippen LogP contribution in [0.15, 0.2) is 41.5 Å². The van der Waals surface area contributed by atoms with Crippen molar-refractivity contribution in [3.63, 3.8) is 0 Å². The van der Waals surface area contributed by atoms with Crippen LogP contribution in [0.1, 0.15) is 18.4 Å². The predicted molar refractivity (Wildman–Crippen MR) is 71.2 cm³/mol. The average molecular weight is 258 g/mol. The van der Waals surface area contributed by atoms with Gasteiger partial charge in [0.15, 0.2) is 0 Å². The molecule has 0 spiro atoms. The zero-order valence-corrected chi connectivity index (χ0v) is 10.3. The van der Waals surface area contributed by atoms with Gasteiger partial charge in [-0.05, 0) is 11.6 Å². The van der Waals surface area contributed by atoms with Crippen molar-refractivity contribution in [2.24, 2.45) is 5.10 Å². The van der Waals surface area contributed by atoms with Gasteiger partial charge in [-0.2, -0.15) is 5.10 Å². The van der Waals surface area contributed by atoms with Crippen LogP contribution in [0.4, 0.5) is 0 Å². The van der Waals surface area contributed by atoms with Crippen molar-refractivity contribution in [2.45, 2.75) is 12.8 Å². The van der Waals surface area contributed by atoms with Crippen LogP contribution < -0.4 is 5.43 Å². The SMILES string of the molecule is O=C1CCC(C(=O)OC/C=C/c2ccccc2)=NN1. The largest absolute Gasteiger partial charge is 0.457 e. The lowest BCUT2D eigenvalue weighted by molar-refractivity contribution is -0.134. The molecule has 0 fully saturated rings. The van der Waals surface area contributed by atoms with Crippen LogP contribution >= 0.6 is 0 Å². The number of carbonyl (C=O) groups is 2. The first-order chi connectivity index (χ1) is 9.25. The number of ether oxygens (including phenoxy) is 1. The normalized spacial score (nSPS) is 14.9. The van der Waals surface area contributed by atoms with Gasteiger partial charge in [-0.25, -0.2) is 10.2 Å². The molecule has 0 saturated heterocycles. The Balaban J connectivity index is 1.78. The van der Waals surface area contributed by atoms with Crippen LogP contribution in [0.3, 0.4) is 0 Å².